The van der Waals surface area contributed by atoms with Crippen molar-refractivity contribution in [1.82, 2.24) is 19.9 Å². The number of carbonyl (C=O) groups is 2. The van der Waals surface area contributed by atoms with Crippen LogP contribution < -0.4 is 11.1 Å². The number of aromatic amines is 2. The fourth-order valence-corrected chi connectivity index (χ4v) is 2.92. The second-order valence-corrected chi connectivity index (χ2v) is 6.75. The van der Waals surface area contributed by atoms with Gasteiger partial charge in [-0.05, 0) is 32.0 Å². The van der Waals surface area contributed by atoms with E-state index >= 15 is 0 Å². The molecule has 0 bridgehead atoms. The van der Waals surface area contributed by atoms with E-state index in [2.05, 4.69) is 19.9 Å². The number of nitro groups is 1. The van der Waals surface area contributed by atoms with Gasteiger partial charge in [-0.15, -0.1) is 0 Å². The van der Waals surface area contributed by atoms with Gasteiger partial charge in [0.05, 0.1) is 39.9 Å². The largest absolute Gasteiger partial charge is 0.460 e. The van der Waals surface area contributed by atoms with E-state index in [9.17, 15) is 29.3 Å². The van der Waals surface area contributed by atoms with Crippen LogP contribution in [0.3, 0.4) is 0 Å². The Morgan fingerprint density at radius 3 is 1.91 bits per heavy atom. The zero-order valence-electron chi connectivity index (χ0n) is 18.6. The van der Waals surface area contributed by atoms with Crippen molar-refractivity contribution in [3.05, 3.63) is 84.9 Å². The number of aromatic nitrogens is 4. The number of nitro benzene ring substituents is 1. The average Bonchev–Trinajstić information content (AvgIpc) is 2.84. The lowest BCUT2D eigenvalue weighted by molar-refractivity contribution is -0.384. The van der Waals surface area contributed by atoms with Crippen molar-refractivity contribution < 1.29 is 24.0 Å². The summed E-state index contributed by atoms with van der Waals surface area (Å²) in [6, 6.07) is 10.4. The smallest absolute Gasteiger partial charge is 0.374 e. The summed E-state index contributed by atoms with van der Waals surface area (Å²) in [5.74, 6) is -1.66. The molecule has 4 aromatic rings. The molecule has 0 aliphatic rings. The minimum absolute atomic E-state index is 0.0437. The number of para-hydroxylation sites is 1. The van der Waals surface area contributed by atoms with E-state index in [1.54, 1.807) is 38.1 Å². The van der Waals surface area contributed by atoms with Crippen molar-refractivity contribution in [2.75, 3.05) is 13.2 Å². The van der Waals surface area contributed by atoms with Crippen molar-refractivity contribution in [2.24, 2.45) is 0 Å². The van der Waals surface area contributed by atoms with E-state index in [4.69, 9.17) is 9.47 Å². The van der Waals surface area contributed by atoms with Gasteiger partial charge in [-0.3, -0.25) is 19.7 Å². The SMILES string of the molecule is CCOC(=O)c1nc2ccc([N+](=O)[O-])cc2c(=O)[nH]1.CCOC(=O)c1nc2ccccc2c(=O)[nH]1. The molecular weight excluding hydrogens is 462 g/mol. The molecule has 13 heteroatoms. The van der Waals surface area contributed by atoms with Gasteiger partial charge >= 0.3 is 11.9 Å². The number of esters is 2. The van der Waals surface area contributed by atoms with Gasteiger partial charge in [0.2, 0.25) is 11.6 Å². The molecule has 2 N–H and O–H groups in total. The van der Waals surface area contributed by atoms with Gasteiger partial charge in [0.1, 0.15) is 0 Å². The summed E-state index contributed by atoms with van der Waals surface area (Å²) in [5.41, 5.74) is -0.513. The van der Waals surface area contributed by atoms with Crippen LogP contribution in [0.2, 0.25) is 0 Å². The highest BCUT2D eigenvalue weighted by Gasteiger charge is 2.15. The van der Waals surface area contributed by atoms with Gasteiger partial charge in [-0.2, -0.15) is 0 Å². The quantitative estimate of drug-likeness (QED) is 0.243. The normalized spacial score (nSPS) is 10.3. The zero-order chi connectivity index (χ0) is 25.5. The van der Waals surface area contributed by atoms with Crippen LogP contribution in [-0.2, 0) is 9.47 Å². The Labute approximate surface area is 195 Å². The number of H-pyrrole nitrogens is 2. The molecule has 2 heterocycles. The Balaban J connectivity index is 0.000000198. The van der Waals surface area contributed by atoms with E-state index in [0.717, 1.165) is 6.07 Å². The van der Waals surface area contributed by atoms with Crippen LogP contribution in [0.5, 0.6) is 0 Å². The summed E-state index contributed by atoms with van der Waals surface area (Å²) < 4.78 is 9.47. The lowest BCUT2D eigenvalue weighted by atomic mass is 10.2. The number of ether oxygens (including phenoxy) is 2. The maximum absolute atomic E-state index is 11.8. The van der Waals surface area contributed by atoms with E-state index in [1.807, 2.05) is 0 Å². The monoisotopic (exact) mass is 481 g/mol. The third-order valence-electron chi connectivity index (χ3n) is 4.45. The molecule has 4 rings (SSSR count). The fraction of sp³-hybridized carbons (Fsp3) is 0.182. The Morgan fingerprint density at radius 2 is 1.37 bits per heavy atom. The summed E-state index contributed by atoms with van der Waals surface area (Å²) in [4.78, 5) is 68.8. The highest BCUT2D eigenvalue weighted by Crippen LogP contribution is 2.16. The molecule has 0 unspecified atom stereocenters. The Kier molecular flexibility index (Phi) is 7.61. The highest BCUT2D eigenvalue weighted by atomic mass is 16.6. The van der Waals surface area contributed by atoms with Crippen LogP contribution in [0.1, 0.15) is 35.1 Å². The molecule has 35 heavy (non-hydrogen) atoms. The zero-order valence-corrected chi connectivity index (χ0v) is 18.6. The Bertz CT molecular complexity index is 1540. The number of hydrogen-bond donors (Lipinski definition) is 2. The first-order chi connectivity index (χ1) is 16.7. The van der Waals surface area contributed by atoms with Crippen molar-refractivity contribution in [3.8, 4) is 0 Å². The first-order valence-corrected chi connectivity index (χ1v) is 10.3. The topological polar surface area (TPSA) is 187 Å². The number of hydrogen-bond acceptors (Lipinski definition) is 10. The van der Waals surface area contributed by atoms with Crippen molar-refractivity contribution in [2.45, 2.75) is 13.8 Å². The summed E-state index contributed by atoms with van der Waals surface area (Å²) in [7, 11) is 0. The molecule has 0 atom stereocenters. The van der Waals surface area contributed by atoms with E-state index in [0.29, 0.717) is 10.9 Å². The molecule has 0 aliphatic heterocycles. The maximum atomic E-state index is 11.8. The van der Waals surface area contributed by atoms with Crippen LogP contribution in [0, 0.1) is 10.1 Å². The molecule has 0 radical (unpaired) electrons. The number of carbonyl (C=O) groups excluding carboxylic acids is 2. The minimum atomic E-state index is -0.750. The van der Waals surface area contributed by atoms with Gasteiger partial charge in [-0.1, -0.05) is 12.1 Å². The number of rotatable bonds is 5. The lowest BCUT2D eigenvalue weighted by Gasteiger charge is -2.02. The average molecular weight is 481 g/mol. The highest BCUT2D eigenvalue weighted by molar-refractivity contribution is 5.89. The van der Waals surface area contributed by atoms with Gasteiger partial charge in [0.15, 0.2) is 0 Å². The van der Waals surface area contributed by atoms with Crippen molar-refractivity contribution in [3.63, 3.8) is 0 Å². The molecule has 13 nitrogen and oxygen atoms in total. The Hall–Kier alpha value is -4.94. The van der Waals surface area contributed by atoms with Crippen molar-refractivity contribution in [1.29, 1.82) is 0 Å². The third-order valence-corrected chi connectivity index (χ3v) is 4.45. The minimum Gasteiger partial charge on any atom is -0.460 e. The van der Waals surface area contributed by atoms with E-state index < -0.39 is 22.4 Å². The molecule has 0 saturated heterocycles. The molecule has 0 fully saturated rings. The number of fused-ring (bicyclic) bond motifs is 2. The van der Waals surface area contributed by atoms with Gasteiger partial charge in [0.25, 0.3) is 16.8 Å². The van der Waals surface area contributed by atoms with E-state index in [-0.39, 0.29) is 47.0 Å². The first-order valence-electron chi connectivity index (χ1n) is 10.3. The maximum Gasteiger partial charge on any atom is 0.374 e. The molecule has 0 saturated carbocycles. The van der Waals surface area contributed by atoms with Crippen molar-refractivity contribution >= 4 is 39.4 Å². The number of benzene rings is 2. The molecule has 2 aromatic heterocycles. The first kappa shape index (κ1) is 24.7. The van der Waals surface area contributed by atoms with Crippen LogP contribution in [0.25, 0.3) is 21.8 Å². The second kappa shape index (κ2) is 10.8. The summed E-state index contributed by atoms with van der Waals surface area (Å²) in [6.07, 6.45) is 0. The van der Waals surface area contributed by atoms with Crippen LogP contribution in [-0.4, -0.2) is 50.0 Å². The lowest BCUT2D eigenvalue weighted by Crippen LogP contribution is -2.17. The summed E-state index contributed by atoms with van der Waals surface area (Å²) in [5, 5.41) is 11.1. The number of nitrogens with zero attached hydrogens (tertiary/aromatic N) is 3. The predicted octanol–water partition coefficient (Wildman–Crippen LogP) is 2.11. The Morgan fingerprint density at radius 1 is 0.857 bits per heavy atom. The molecular formula is C22H19N5O8. The third kappa shape index (κ3) is 5.71. The van der Waals surface area contributed by atoms with Crippen LogP contribution in [0.4, 0.5) is 5.69 Å². The van der Waals surface area contributed by atoms with Gasteiger partial charge in [-0.25, -0.2) is 19.6 Å². The van der Waals surface area contributed by atoms with Gasteiger partial charge in [0, 0.05) is 12.1 Å². The van der Waals surface area contributed by atoms with E-state index in [1.165, 1.54) is 12.1 Å². The van der Waals surface area contributed by atoms with Crippen LogP contribution in [0.15, 0.2) is 52.1 Å². The molecule has 2 aromatic carbocycles. The summed E-state index contributed by atoms with van der Waals surface area (Å²) in [6.45, 7) is 3.72. The molecule has 0 amide bonds. The molecule has 180 valence electrons. The molecule has 0 spiro atoms. The predicted molar refractivity (Wildman–Crippen MR) is 123 cm³/mol. The standard InChI is InChI=1S/C11H9N3O5.C11H10N2O3/c1-2-19-11(16)9-12-8-4-3-6(14(17)18)5-7(8)10(15)13-9;1-2-16-11(15)9-12-8-6-4-3-5-7(8)10(14)13-9/h3-5H,2H2,1H3,(H,12,13,15);3-6H,2H2,1H3,(H,12,13,14). The van der Waals surface area contributed by atoms with Gasteiger partial charge < -0.3 is 19.4 Å². The molecule has 0 aliphatic carbocycles. The number of nitrogens with one attached hydrogen (secondary N) is 2. The van der Waals surface area contributed by atoms with Crippen LogP contribution >= 0.6 is 0 Å². The number of non-ortho nitro benzene ring substituents is 1. The fourth-order valence-electron chi connectivity index (χ4n) is 2.92. The summed E-state index contributed by atoms with van der Waals surface area (Å²) >= 11 is 0. The second-order valence-electron chi connectivity index (χ2n) is 6.75.